The number of methoxy groups -OCH3 is 1. The number of nitrogens with zero attached hydrogens (tertiary/aromatic N) is 2. The van der Waals surface area contributed by atoms with Crippen molar-refractivity contribution in [3.05, 3.63) is 39.7 Å². The Hall–Kier alpha value is -2.05. The van der Waals surface area contributed by atoms with Crippen LogP contribution in [0.5, 0.6) is 0 Å². The van der Waals surface area contributed by atoms with Crippen molar-refractivity contribution >= 4 is 28.5 Å². The highest BCUT2D eigenvalue weighted by Crippen LogP contribution is 2.45. The summed E-state index contributed by atoms with van der Waals surface area (Å²) < 4.78 is 12.7. The highest BCUT2D eigenvalue weighted by molar-refractivity contribution is 6.32. The van der Waals surface area contributed by atoms with E-state index < -0.39 is 5.97 Å². The van der Waals surface area contributed by atoms with Gasteiger partial charge < -0.3 is 14.6 Å². The second-order valence-electron chi connectivity index (χ2n) is 8.15. The molecule has 4 rings (SSSR count). The average Bonchev–Trinajstić information content (AvgIpc) is 3.14. The van der Waals surface area contributed by atoms with Crippen LogP contribution in [-0.2, 0) is 14.3 Å². The lowest BCUT2D eigenvalue weighted by atomic mass is 9.74. The first kappa shape index (κ1) is 20.2. The summed E-state index contributed by atoms with van der Waals surface area (Å²) in [5.74, 6) is -0.164. The summed E-state index contributed by atoms with van der Waals surface area (Å²) in [6.45, 7) is 4.85. The number of hydrogen-bond acceptors (Lipinski definition) is 5. The van der Waals surface area contributed by atoms with Gasteiger partial charge in [-0.1, -0.05) is 18.5 Å². The lowest BCUT2D eigenvalue weighted by Crippen LogP contribution is -2.23. The van der Waals surface area contributed by atoms with E-state index >= 15 is 0 Å². The van der Waals surface area contributed by atoms with Gasteiger partial charge in [0.2, 0.25) is 0 Å². The lowest BCUT2D eigenvalue weighted by molar-refractivity contribution is -0.136. The van der Waals surface area contributed by atoms with E-state index in [0.717, 1.165) is 47.9 Å². The smallest absolute Gasteiger partial charge is 0.337 e. The molecule has 2 heterocycles. The predicted molar refractivity (Wildman–Crippen MR) is 111 cm³/mol. The minimum absolute atomic E-state index is 0.0366. The van der Waals surface area contributed by atoms with Gasteiger partial charge in [0.25, 0.3) is 0 Å². The molecule has 1 unspecified atom stereocenters. The van der Waals surface area contributed by atoms with Gasteiger partial charge in [0.1, 0.15) is 5.76 Å². The number of ether oxygens (including phenoxy) is 2. The molecule has 1 N–H and O–H groups in total. The second kappa shape index (κ2) is 8.00. The molecule has 2 aliphatic rings. The van der Waals surface area contributed by atoms with E-state index in [2.05, 4.69) is 12.0 Å². The van der Waals surface area contributed by atoms with Gasteiger partial charge in [-0.05, 0) is 61.6 Å². The van der Waals surface area contributed by atoms with Gasteiger partial charge in [0.15, 0.2) is 6.23 Å². The van der Waals surface area contributed by atoms with Crippen LogP contribution in [0.15, 0.2) is 23.6 Å². The van der Waals surface area contributed by atoms with Crippen LogP contribution >= 0.6 is 11.6 Å². The van der Waals surface area contributed by atoms with Gasteiger partial charge in [-0.25, -0.2) is 9.48 Å². The largest absolute Gasteiger partial charge is 0.512 e. The summed E-state index contributed by atoms with van der Waals surface area (Å²) in [5.41, 5.74) is 3.42. The summed E-state index contributed by atoms with van der Waals surface area (Å²) in [6.07, 6.45) is 5.79. The van der Waals surface area contributed by atoms with E-state index in [1.54, 1.807) is 0 Å². The third-order valence-corrected chi connectivity index (χ3v) is 6.75. The van der Waals surface area contributed by atoms with Gasteiger partial charge in [0.05, 0.1) is 24.4 Å². The highest BCUT2D eigenvalue weighted by atomic mass is 35.5. The molecule has 1 aromatic carbocycles. The molecule has 156 valence electrons. The molecule has 29 heavy (non-hydrogen) atoms. The molecular weight excluding hydrogens is 392 g/mol. The van der Waals surface area contributed by atoms with Gasteiger partial charge in [-0.3, -0.25) is 0 Å². The van der Waals surface area contributed by atoms with Crippen LogP contribution in [0, 0.1) is 12.8 Å². The summed E-state index contributed by atoms with van der Waals surface area (Å²) >= 11 is 6.63. The minimum atomic E-state index is -0.456. The zero-order valence-electron chi connectivity index (χ0n) is 17.1. The topological polar surface area (TPSA) is 73.6 Å². The normalized spacial score (nSPS) is 25.4. The monoisotopic (exact) mass is 418 g/mol. The third-order valence-electron chi connectivity index (χ3n) is 6.36. The Kier molecular flexibility index (Phi) is 5.58. The SMILES string of the molecule is COC(=O)C1=C(O)C[C@@H](c2c(C)c(Cl)cc3c2cnn3C2CCCCO2)[C@H](C)C1. The molecule has 6 nitrogen and oxygen atoms in total. The molecule has 3 atom stereocenters. The van der Waals surface area contributed by atoms with Crippen molar-refractivity contribution in [2.75, 3.05) is 13.7 Å². The van der Waals surface area contributed by atoms with E-state index in [1.807, 2.05) is 23.9 Å². The van der Waals surface area contributed by atoms with Crippen LogP contribution < -0.4 is 0 Å². The summed E-state index contributed by atoms with van der Waals surface area (Å²) in [4.78, 5) is 12.0. The average molecular weight is 419 g/mol. The fourth-order valence-corrected chi connectivity index (χ4v) is 4.94. The molecule has 1 saturated heterocycles. The zero-order valence-corrected chi connectivity index (χ0v) is 17.8. The molecule has 0 saturated carbocycles. The maximum absolute atomic E-state index is 12.0. The molecule has 1 aliphatic carbocycles. The number of carbonyl (C=O) groups is 1. The van der Waals surface area contributed by atoms with Gasteiger partial charge in [0, 0.05) is 23.4 Å². The van der Waals surface area contributed by atoms with Gasteiger partial charge >= 0.3 is 5.97 Å². The number of benzene rings is 1. The summed E-state index contributed by atoms with van der Waals surface area (Å²) in [5, 5.41) is 16.9. The lowest BCUT2D eigenvalue weighted by Gasteiger charge is -2.32. The zero-order chi connectivity index (χ0) is 20.7. The van der Waals surface area contributed by atoms with Crippen LogP contribution in [0.3, 0.4) is 0 Å². The Morgan fingerprint density at radius 2 is 2.17 bits per heavy atom. The van der Waals surface area contributed by atoms with Crippen LogP contribution in [0.25, 0.3) is 10.9 Å². The number of halogens is 1. The van der Waals surface area contributed by atoms with E-state index in [1.165, 1.54) is 7.11 Å². The number of rotatable bonds is 3. The standard InChI is InChI=1S/C22H27ClN2O4/c1-12-8-15(22(27)28-3)19(26)9-14(12)21-13(2)17(23)10-18-16(21)11-24-25(18)20-6-4-5-7-29-20/h10-12,14,20,26H,4-9H2,1-3H3/t12-,14-,20?/m1/s1. The van der Waals surface area contributed by atoms with Crippen LogP contribution in [0.1, 0.15) is 62.3 Å². The molecule has 0 amide bonds. The number of aromatic nitrogens is 2. The van der Waals surface area contributed by atoms with Crippen LogP contribution in [-0.4, -0.2) is 34.6 Å². The van der Waals surface area contributed by atoms with Crippen molar-refractivity contribution in [3.8, 4) is 0 Å². The van der Waals surface area contributed by atoms with Crippen LogP contribution in [0.2, 0.25) is 5.02 Å². The Labute approximate surface area is 175 Å². The van der Waals surface area contributed by atoms with E-state index in [-0.39, 0.29) is 23.8 Å². The fourth-order valence-electron chi connectivity index (χ4n) is 4.73. The minimum Gasteiger partial charge on any atom is -0.512 e. The van der Waals surface area contributed by atoms with Crippen molar-refractivity contribution in [2.45, 2.75) is 58.1 Å². The first-order valence-electron chi connectivity index (χ1n) is 10.2. The Morgan fingerprint density at radius 1 is 1.38 bits per heavy atom. The van der Waals surface area contributed by atoms with E-state index in [9.17, 15) is 9.90 Å². The summed E-state index contributed by atoms with van der Waals surface area (Å²) in [7, 11) is 1.34. The first-order valence-corrected chi connectivity index (χ1v) is 10.6. The predicted octanol–water partition coefficient (Wildman–Crippen LogP) is 5.20. The van der Waals surface area contributed by atoms with Crippen molar-refractivity contribution in [1.82, 2.24) is 9.78 Å². The summed E-state index contributed by atoms with van der Waals surface area (Å²) in [6, 6.07) is 1.96. The van der Waals surface area contributed by atoms with Gasteiger partial charge in [-0.2, -0.15) is 5.10 Å². The molecule has 0 radical (unpaired) electrons. The maximum atomic E-state index is 12.0. The number of esters is 1. The molecule has 1 aromatic heterocycles. The van der Waals surface area contributed by atoms with Crippen molar-refractivity contribution in [2.24, 2.45) is 5.92 Å². The number of fused-ring (bicyclic) bond motifs is 1. The molecule has 1 fully saturated rings. The first-order chi connectivity index (χ1) is 13.9. The highest BCUT2D eigenvalue weighted by Gasteiger charge is 2.34. The number of hydrogen-bond donors (Lipinski definition) is 1. The Morgan fingerprint density at radius 3 is 2.86 bits per heavy atom. The number of carbonyl (C=O) groups excluding carboxylic acids is 1. The van der Waals surface area contributed by atoms with E-state index in [0.29, 0.717) is 23.4 Å². The van der Waals surface area contributed by atoms with Crippen molar-refractivity contribution in [3.63, 3.8) is 0 Å². The number of aliphatic hydroxyl groups excluding tert-OH is 1. The number of allylic oxidation sites excluding steroid dienone is 1. The van der Waals surface area contributed by atoms with E-state index in [4.69, 9.17) is 21.1 Å². The number of aliphatic hydroxyl groups is 1. The second-order valence-corrected chi connectivity index (χ2v) is 8.56. The molecule has 2 aromatic rings. The molecule has 7 heteroatoms. The maximum Gasteiger partial charge on any atom is 0.337 e. The third kappa shape index (κ3) is 3.53. The van der Waals surface area contributed by atoms with Crippen molar-refractivity contribution < 1.29 is 19.4 Å². The fraction of sp³-hybridized carbons (Fsp3) is 0.545. The molecule has 0 bridgehead atoms. The van der Waals surface area contributed by atoms with Crippen molar-refractivity contribution in [1.29, 1.82) is 0 Å². The Balaban J connectivity index is 1.79. The van der Waals surface area contributed by atoms with Gasteiger partial charge in [-0.15, -0.1) is 0 Å². The molecular formula is C22H27ClN2O4. The van der Waals surface area contributed by atoms with Crippen LogP contribution in [0.4, 0.5) is 0 Å². The Bertz CT molecular complexity index is 975. The molecule has 0 spiro atoms. The quantitative estimate of drug-likeness (QED) is 0.694. The molecule has 1 aliphatic heterocycles.